The summed E-state index contributed by atoms with van der Waals surface area (Å²) in [5.74, 6) is 0. The van der Waals surface area contributed by atoms with Crippen LogP contribution in [0.5, 0.6) is 0 Å². The molecule has 0 radical (unpaired) electrons. The molecule has 102 valence electrons. The van der Waals surface area contributed by atoms with E-state index in [2.05, 4.69) is 47.6 Å². The molecule has 20 heavy (non-hydrogen) atoms. The number of rotatable bonds is 4. The summed E-state index contributed by atoms with van der Waals surface area (Å²) < 4.78 is 0. The number of benzene rings is 2. The van der Waals surface area contributed by atoms with E-state index in [1.807, 2.05) is 24.4 Å². The highest BCUT2D eigenvalue weighted by atomic mass is 35.5. The Morgan fingerprint density at radius 3 is 2.85 bits per heavy atom. The molecule has 3 rings (SSSR count). The van der Waals surface area contributed by atoms with Crippen molar-refractivity contribution in [2.24, 2.45) is 0 Å². The Balaban J connectivity index is 1.71. The van der Waals surface area contributed by atoms with E-state index in [-0.39, 0.29) is 6.04 Å². The Morgan fingerprint density at radius 2 is 2.00 bits per heavy atom. The first-order valence-electron chi connectivity index (χ1n) is 6.78. The molecule has 0 saturated heterocycles. The van der Waals surface area contributed by atoms with Crippen molar-refractivity contribution >= 4 is 22.5 Å². The molecular formula is C17H17ClN2. The van der Waals surface area contributed by atoms with Gasteiger partial charge in [-0.2, -0.15) is 0 Å². The minimum absolute atomic E-state index is 0.225. The standard InChI is InChI=1S/C17H17ClN2/c1-12(15-4-2-3-5-16(15)18)20-11-13-6-7-14-8-9-19-17(14)10-13/h2-10,12,19-20H,11H2,1H3. The monoisotopic (exact) mass is 284 g/mol. The number of H-pyrrole nitrogens is 1. The van der Waals surface area contributed by atoms with Crippen LogP contribution in [0.25, 0.3) is 10.9 Å². The maximum absolute atomic E-state index is 6.22. The van der Waals surface area contributed by atoms with Crippen LogP contribution in [-0.4, -0.2) is 4.98 Å². The molecular weight excluding hydrogens is 268 g/mol. The predicted octanol–water partition coefficient (Wildman–Crippen LogP) is 4.67. The zero-order valence-electron chi connectivity index (χ0n) is 11.4. The summed E-state index contributed by atoms with van der Waals surface area (Å²) >= 11 is 6.22. The lowest BCUT2D eigenvalue weighted by Gasteiger charge is -2.15. The van der Waals surface area contributed by atoms with E-state index in [0.717, 1.165) is 17.1 Å². The van der Waals surface area contributed by atoms with Crippen LogP contribution in [0, 0.1) is 0 Å². The van der Waals surface area contributed by atoms with E-state index >= 15 is 0 Å². The molecule has 2 aromatic carbocycles. The summed E-state index contributed by atoms with van der Waals surface area (Å²) in [5.41, 5.74) is 3.57. The minimum atomic E-state index is 0.225. The normalized spacial score (nSPS) is 12.7. The second-order valence-electron chi connectivity index (χ2n) is 5.02. The molecule has 0 bridgehead atoms. The highest BCUT2D eigenvalue weighted by molar-refractivity contribution is 6.31. The van der Waals surface area contributed by atoms with Gasteiger partial charge in [-0.15, -0.1) is 0 Å². The molecule has 0 saturated carbocycles. The zero-order valence-corrected chi connectivity index (χ0v) is 12.1. The summed E-state index contributed by atoms with van der Waals surface area (Å²) in [4.78, 5) is 3.24. The molecule has 0 spiro atoms. The molecule has 1 aromatic heterocycles. The summed E-state index contributed by atoms with van der Waals surface area (Å²) in [7, 11) is 0. The van der Waals surface area contributed by atoms with Crippen molar-refractivity contribution in [3.63, 3.8) is 0 Å². The average Bonchev–Trinajstić information content (AvgIpc) is 2.92. The molecule has 1 unspecified atom stereocenters. The molecule has 1 atom stereocenters. The molecule has 1 heterocycles. The molecule has 3 heteroatoms. The molecule has 0 amide bonds. The molecule has 2 nitrogen and oxygen atoms in total. The van der Waals surface area contributed by atoms with E-state index in [1.54, 1.807) is 0 Å². The Morgan fingerprint density at radius 1 is 1.15 bits per heavy atom. The molecule has 0 aliphatic carbocycles. The van der Waals surface area contributed by atoms with E-state index in [4.69, 9.17) is 11.6 Å². The summed E-state index contributed by atoms with van der Waals surface area (Å²) in [6.45, 7) is 2.95. The van der Waals surface area contributed by atoms with Crippen molar-refractivity contribution < 1.29 is 0 Å². The van der Waals surface area contributed by atoms with Crippen molar-refractivity contribution in [3.05, 3.63) is 70.9 Å². The largest absolute Gasteiger partial charge is 0.361 e. The summed E-state index contributed by atoms with van der Waals surface area (Å²) in [6.07, 6.45) is 1.97. The maximum Gasteiger partial charge on any atom is 0.0457 e. The van der Waals surface area contributed by atoms with Crippen LogP contribution < -0.4 is 5.32 Å². The van der Waals surface area contributed by atoms with E-state index in [0.29, 0.717) is 0 Å². The third-order valence-corrected chi connectivity index (χ3v) is 3.95. The average molecular weight is 285 g/mol. The van der Waals surface area contributed by atoms with Crippen molar-refractivity contribution in [3.8, 4) is 0 Å². The van der Waals surface area contributed by atoms with Crippen LogP contribution in [-0.2, 0) is 6.54 Å². The van der Waals surface area contributed by atoms with Gasteiger partial charge in [0.2, 0.25) is 0 Å². The van der Waals surface area contributed by atoms with Crippen LogP contribution in [0.3, 0.4) is 0 Å². The number of aromatic nitrogens is 1. The van der Waals surface area contributed by atoms with Gasteiger partial charge in [0, 0.05) is 29.3 Å². The lowest BCUT2D eigenvalue weighted by Crippen LogP contribution is -2.18. The fourth-order valence-electron chi connectivity index (χ4n) is 2.41. The van der Waals surface area contributed by atoms with Gasteiger partial charge in [-0.3, -0.25) is 0 Å². The maximum atomic E-state index is 6.22. The van der Waals surface area contributed by atoms with Gasteiger partial charge in [0.15, 0.2) is 0 Å². The fourth-order valence-corrected chi connectivity index (χ4v) is 2.71. The van der Waals surface area contributed by atoms with Crippen LogP contribution in [0.4, 0.5) is 0 Å². The van der Waals surface area contributed by atoms with E-state index < -0.39 is 0 Å². The first-order valence-corrected chi connectivity index (χ1v) is 7.15. The highest BCUT2D eigenvalue weighted by Crippen LogP contribution is 2.22. The highest BCUT2D eigenvalue weighted by Gasteiger charge is 2.08. The second-order valence-corrected chi connectivity index (χ2v) is 5.43. The molecule has 0 aliphatic rings. The minimum Gasteiger partial charge on any atom is -0.361 e. The van der Waals surface area contributed by atoms with Crippen molar-refractivity contribution in [2.75, 3.05) is 0 Å². The number of nitrogens with one attached hydrogen (secondary N) is 2. The molecule has 2 N–H and O–H groups in total. The third kappa shape index (κ3) is 2.72. The van der Waals surface area contributed by atoms with Gasteiger partial charge in [-0.25, -0.2) is 0 Å². The van der Waals surface area contributed by atoms with Gasteiger partial charge in [0.25, 0.3) is 0 Å². The lowest BCUT2D eigenvalue weighted by atomic mass is 10.1. The van der Waals surface area contributed by atoms with Gasteiger partial charge in [0.1, 0.15) is 0 Å². The van der Waals surface area contributed by atoms with Crippen molar-refractivity contribution in [2.45, 2.75) is 19.5 Å². The van der Waals surface area contributed by atoms with Crippen LogP contribution >= 0.6 is 11.6 Å². The second kappa shape index (κ2) is 5.70. The number of hydrogen-bond donors (Lipinski definition) is 2. The first-order chi connectivity index (χ1) is 9.74. The first kappa shape index (κ1) is 13.2. The Kier molecular flexibility index (Phi) is 3.77. The van der Waals surface area contributed by atoms with E-state index in [9.17, 15) is 0 Å². The Hall–Kier alpha value is -1.77. The van der Waals surface area contributed by atoms with Crippen molar-refractivity contribution in [1.29, 1.82) is 0 Å². The third-order valence-electron chi connectivity index (χ3n) is 3.60. The lowest BCUT2D eigenvalue weighted by molar-refractivity contribution is 0.575. The van der Waals surface area contributed by atoms with Gasteiger partial charge in [0.05, 0.1) is 0 Å². The summed E-state index contributed by atoms with van der Waals surface area (Å²) in [6, 6.07) is 16.8. The quantitative estimate of drug-likeness (QED) is 0.716. The van der Waals surface area contributed by atoms with Crippen molar-refractivity contribution in [1.82, 2.24) is 10.3 Å². The number of aromatic amines is 1. The number of hydrogen-bond acceptors (Lipinski definition) is 1. The molecule has 3 aromatic rings. The smallest absolute Gasteiger partial charge is 0.0457 e. The number of fused-ring (bicyclic) bond motifs is 1. The summed E-state index contributed by atoms with van der Waals surface area (Å²) in [5, 5.41) is 5.57. The van der Waals surface area contributed by atoms with Gasteiger partial charge < -0.3 is 10.3 Å². The molecule has 0 fully saturated rings. The van der Waals surface area contributed by atoms with Crippen LogP contribution in [0.1, 0.15) is 24.1 Å². The SMILES string of the molecule is CC(NCc1ccc2cc[nH]c2c1)c1ccccc1Cl. The fraction of sp³-hybridized carbons (Fsp3) is 0.176. The zero-order chi connectivity index (χ0) is 13.9. The molecule has 0 aliphatic heterocycles. The van der Waals surface area contributed by atoms with Gasteiger partial charge >= 0.3 is 0 Å². The van der Waals surface area contributed by atoms with E-state index in [1.165, 1.54) is 16.5 Å². The topological polar surface area (TPSA) is 27.8 Å². The van der Waals surface area contributed by atoms with Gasteiger partial charge in [-0.1, -0.05) is 41.9 Å². The Bertz CT molecular complexity index is 718. The van der Waals surface area contributed by atoms with Crippen LogP contribution in [0.2, 0.25) is 5.02 Å². The predicted molar refractivity (Wildman–Crippen MR) is 85.0 cm³/mol. The Labute approximate surface area is 123 Å². The van der Waals surface area contributed by atoms with Crippen LogP contribution in [0.15, 0.2) is 54.7 Å². The number of halogens is 1. The van der Waals surface area contributed by atoms with Gasteiger partial charge in [-0.05, 0) is 41.6 Å².